The van der Waals surface area contributed by atoms with Crippen molar-refractivity contribution < 1.29 is 14.7 Å². The van der Waals surface area contributed by atoms with Crippen molar-refractivity contribution in [1.29, 1.82) is 0 Å². The molecule has 0 saturated heterocycles. The highest BCUT2D eigenvalue weighted by Gasteiger charge is 2.27. The van der Waals surface area contributed by atoms with Gasteiger partial charge in [-0.15, -0.1) is 11.3 Å². The van der Waals surface area contributed by atoms with Gasteiger partial charge in [0.2, 0.25) is 0 Å². The molecular formula is C16H25N3O3S. The molecular weight excluding hydrogens is 314 g/mol. The van der Waals surface area contributed by atoms with Crippen molar-refractivity contribution in [2.45, 2.75) is 58.9 Å². The third-order valence-corrected chi connectivity index (χ3v) is 4.97. The topological polar surface area (TPSA) is 91.3 Å². The lowest BCUT2D eigenvalue weighted by atomic mass is 9.86. The summed E-state index contributed by atoms with van der Waals surface area (Å²) in [6.07, 6.45) is 3.51. The molecule has 1 aliphatic rings. The number of thiazole rings is 1. The number of aliphatic carboxylic acids is 1. The fourth-order valence-corrected chi connectivity index (χ4v) is 3.74. The second kappa shape index (κ2) is 7.77. The molecule has 1 saturated carbocycles. The summed E-state index contributed by atoms with van der Waals surface area (Å²) in [7, 11) is 0. The van der Waals surface area contributed by atoms with E-state index in [0.29, 0.717) is 31.6 Å². The second-order valence-corrected chi connectivity index (χ2v) is 7.80. The van der Waals surface area contributed by atoms with Crippen molar-refractivity contribution in [2.75, 3.05) is 5.32 Å². The Bertz CT molecular complexity index is 563. The van der Waals surface area contributed by atoms with E-state index in [1.807, 2.05) is 6.92 Å². The number of carboxylic acid groups (broad SMARTS) is 1. The molecule has 2 rings (SSSR count). The van der Waals surface area contributed by atoms with Gasteiger partial charge in [0, 0.05) is 6.04 Å². The highest BCUT2D eigenvalue weighted by Crippen LogP contribution is 2.27. The van der Waals surface area contributed by atoms with Gasteiger partial charge in [-0.05, 0) is 44.9 Å². The maximum Gasteiger partial charge on any atom is 0.320 e. The summed E-state index contributed by atoms with van der Waals surface area (Å²) in [5.74, 6) is -0.518. The number of aromatic nitrogens is 1. The molecule has 0 unspecified atom stereocenters. The number of carbonyl (C=O) groups is 2. The van der Waals surface area contributed by atoms with Crippen LogP contribution in [0.3, 0.4) is 0 Å². The molecule has 0 radical (unpaired) electrons. The predicted octanol–water partition coefficient (Wildman–Crippen LogP) is 3.41. The Kier molecular flexibility index (Phi) is 5.98. The van der Waals surface area contributed by atoms with Crippen LogP contribution in [-0.2, 0) is 11.2 Å². The van der Waals surface area contributed by atoms with E-state index in [0.717, 1.165) is 22.1 Å². The number of nitrogens with zero attached hydrogens (tertiary/aromatic N) is 1. The van der Waals surface area contributed by atoms with Crippen molar-refractivity contribution in [2.24, 2.45) is 11.8 Å². The standard InChI is InChI=1S/C16H25N3O3S/c1-9(2)8-13-14(23-10(3)17-13)19-16(22)18-12-6-4-11(5-7-12)15(20)21/h9,11-12H,4-8H2,1-3H3,(H,20,21)(H2,18,19,22). The summed E-state index contributed by atoms with van der Waals surface area (Å²) in [5.41, 5.74) is 0.937. The van der Waals surface area contributed by atoms with Gasteiger partial charge in [0.1, 0.15) is 5.00 Å². The van der Waals surface area contributed by atoms with E-state index in [1.54, 1.807) is 0 Å². The summed E-state index contributed by atoms with van der Waals surface area (Å²) >= 11 is 1.49. The van der Waals surface area contributed by atoms with Crippen molar-refractivity contribution in [1.82, 2.24) is 10.3 Å². The van der Waals surface area contributed by atoms with Crippen LogP contribution in [0.15, 0.2) is 0 Å². The Morgan fingerprint density at radius 2 is 1.96 bits per heavy atom. The van der Waals surface area contributed by atoms with Crippen LogP contribution in [0.4, 0.5) is 9.80 Å². The first kappa shape index (κ1) is 17.7. The highest BCUT2D eigenvalue weighted by atomic mass is 32.1. The fraction of sp³-hybridized carbons (Fsp3) is 0.688. The number of anilines is 1. The zero-order valence-electron chi connectivity index (χ0n) is 13.9. The third kappa shape index (κ3) is 5.20. The smallest absolute Gasteiger partial charge is 0.320 e. The molecule has 1 fully saturated rings. The number of amides is 2. The number of urea groups is 1. The number of hydrogen-bond acceptors (Lipinski definition) is 4. The molecule has 23 heavy (non-hydrogen) atoms. The number of carbonyl (C=O) groups excluding carboxylic acids is 1. The number of aryl methyl sites for hydroxylation is 1. The molecule has 0 spiro atoms. The van der Waals surface area contributed by atoms with Gasteiger partial charge in [-0.1, -0.05) is 13.8 Å². The molecule has 0 bridgehead atoms. The number of hydrogen-bond donors (Lipinski definition) is 3. The SMILES string of the molecule is Cc1nc(CC(C)C)c(NC(=O)NC2CCC(C(=O)O)CC2)s1. The molecule has 1 aromatic heterocycles. The molecule has 6 nitrogen and oxygen atoms in total. The third-order valence-electron chi connectivity index (χ3n) is 4.04. The summed E-state index contributed by atoms with van der Waals surface area (Å²) in [6.45, 7) is 6.18. The van der Waals surface area contributed by atoms with E-state index >= 15 is 0 Å². The molecule has 3 N–H and O–H groups in total. The average molecular weight is 339 g/mol. The lowest BCUT2D eigenvalue weighted by molar-refractivity contribution is -0.142. The van der Waals surface area contributed by atoms with Gasteiger partial charge in [0.05, 0.1) is 16.6 Å². The lowest BCUT2D eigenvalue weighted by Crippen LogP contribution is -2.41. The molecule has 1 aromatic rings. The van der Waals surface area contributed by atoms with E-state index in [9.17, 15) is 9.59 Å². The Morgan fingerprint density at radius 1 is 1.30 bits per heavy atom. The van der Waals surface area contributed by atoms with Crippen LogP contribution in [0.2, 0.25) is 0 Å². The molecule has 128 valence electrons. The summed E-state index contributed by atoms with van der Waals surface area (Å²) in [5, 5.41) is 16.6. The van der Waals surface area contributed by atoms with E-state index in [-0.39, 0.29) is 18.0 Å². The number of carboxylic acids is 1. The summed E-state index contributed by atoms with van der Waals surface area (Å²) < 4.78 is 0. The highest BCUT2D eigenvalue weighted by molar-refractivity contribution is 7.16. The monoisotopic (exact) mass is 339 g/mol. The zero-order chi connectivity index (χ0) is 17.0. The molecule has 0 aliphatic heterocycles. The normalized spacial score (nSPS) is 21.2. The quantitative estimate of drug-likeness (QED) is 0.766. The maximum atomic E-state index is 12.2. The van der Waals surface area contributed by atoms with Gasteiger partial charge in [-0.3, -0.25) is 10.1 Å². The molecule has 1 heterocycles. The first-order chi connectivity index (χ1) is 10.8. The van der Waals surface area contributed by atoms with Gasteiger partial charge in [-0.25, -0.2) is 9.78 Å². The van der Waals surface area contributed by atoms with E-state index < -0.39 is 5.97 Å². The van der Waals surface area contributed by atoms with E-state index in [1.165, 1.54) is 11.3 Å². The molecule has 0 atom stereocenters. The fourth-order valence-electron chi connectivity index (χ4n) is 2.90. The van der Waals surface area contributed by atoms with Gasteiger partial charge in [-0.2, -0.15) is 0 Å². The van der Waals surface area contributed by atoms with Crippen LogP contribution < -0.4 is 10.6 Å². The first-order valence-corrected chi connectivity index (χ1v) is 8.93. The molecule has 2 amide bonds. The minimum Gasteiger partial charge on any atom is -0.481 e. The van der Waals surface area contributed by atoms with Crippen LogP contribution in [0.5, 0.6) is 0 Å². The van der Waals surface area contributed by atoms with Crippen molar-refractivity contribution in [3.8, 4) is 0 Å². The second-order valence-electron chi connectivity index (χ2n) is 6.59. The minimum absolute atomic E-state index is 0.0492. The molecule has 7 heteroatoms. The van der Waals surface area contributed by atoms with Gasteiger partial charge in [0.15, 0.2) is 0 Å². The molecule has 0 aromatic carbocycles. The molecule has 1 aliphatic carbocycles. The first-order valence-electron chi connectivity index (χ1n) is 8.11. The van der Waals surface area contributed by atoms with Crippen molar-refractivity contribution >= 4 is 28.3 Å². The minimum atomic E-state index is -0.730. The van der Waals surface area contributed by atoms with Gasteiger partial charge < -0.3 is 10.4 Å². The van der Waals surface area contributed by atoms with Crippen LogP contribution in [0, 0.1) is 18.8 Å². The van der Waals surface area contributed by atoms with Gasteiger partial charge >= 0.3 is 12.0 Å². The summed E-state index contributed by atoms with van der Waals surface area (Å²) in [6, 6.07) is -0.175. The number of nitrogens with one attached hydrogen (secondary N) is 2. The van der Waals surface area contributed by atoms with Crippen LogP contribution in [0.25, 0.3) is 0 Å². The number of rotatable bonds is 5. The maximum absolute atomic E-state index is 12.2. The Morgan fingerprint density at radius 3 is 2.52 bits per heavy atom. The van der Waals surface area contributed by atoms with Crippen LogP contribution >= 0.6 is 11.3 Å². The predicted molar refractivity (Wildman–Crippen MR) is 90.9 cm³/mol. The summed E-state index contributed by atoms with van der Waals surface area (Å²) in [4.78, 5) is 27.6. The Labute approximate surface area is 140 Å². The average Bonchev–Trinajstić information content (AvgIpc) is 2.78. The largest absolute Gasteiger partial charge is 0.481 e. The Balaban J connectivity index is 1.87. The lowest BCUT2D eigenvalue weighted by Gasteiger charge is -2.26. The van der Waals surface area contributed by atoms with Crippen LogP contribution in [-0.4, -0.2) is 28.1 Å². The van der Waals surface area contributed by atoms with E-state index in [2.05, 4.69) is 29.5 Å². The van der Waals surface area contributed by atoms with E-state index in [4.69, 9.17) is 5.11 Å². The van der Waals surface area contributed by atoms with Gasteiger partial charge in [0.25, 0.3) is 0 Å². The van der Waals surface area contributed by atoms with Crippen molar-refractivity contribution in [3.05, 3.63) is 10.7 Å². The Hall–Kier alpha value is -1.63. The van der Waals surface area contributed by atoms with Crippen LogP contribution in [0.1, 0.15) is 50.2 Å². The van der Waals surface area contributed by atoms with Crippen molar-refractivity contribution in [3.63, 3.8) is 0 Å². The zero-order valence-corrected chi connectivity index (χ0v) is 14.7.